The molecular weight excluding hydrogens is 697 g/mol. The molecule has 0 unspecified atom stereocenters. The van der Waals surface area contributed by atoms with E-state index in [2.05, 4.69) is 188 Å². The van der Waals surface area contributed by atoms with E-state index in [0.717, 1.165) is 33.6 Å². The zero-order valence-electron chi connectivity index (χ0n) is 30.4. The van der Waals surface area contributed by atoms with Gasteiger partial charge in [0.1, 0.15) is 0 Å². The van der Waals surface area contributed by atoms with Crippen LogP contribution in [0.5, 0.6) is 0 Å². The van der Waals surface area contributed by atoms with Crippen LogP contribution in [0.3, 0.4) is 0 Å². The minimum absolute atomic E-state index is 0.437. The molecule has 56 heavy (non-hydrogen) atoms. The van der Waals surface area contributed by atoms with Gasteiger partial charge >= 0.3 is 0 Å². The minimum atomic E-state index is -0.437. The van der Waals surface area contributed by atoms with Crippen LogP contribution < -0.4 is 0 Å². The highest BCUT2D eigenvalue weighted by Crippen LogP contribution is 2.56. The lowest BCUT2D eigenvalue weighted by molar-refractivity contribution is 0.769. The molecule has 1 aliphatic rings. The fourth-order valence-corrected chi connectivity index (χ4v) is 9.91. The molecule has 3 heteroatoms. The monoisotopic (exact) mass is 730 g/mol. The first kappa shape index (κ1) is 32.5. The van der Waals surface area contributed by atoms with Crippen LogP contribution in [-0.2, 0) is 5.41 Å². The molecule has 0 saturated heterocycles. The highest BCUT2D eigenvalue weighted by molar-refractivity contribution is 7.25. The lowest BCUT2D eigenvalue weighted by atomic mass is 9.67. The van der Waals surface area contributed by atoms with E-state index in [0.29, 0.717) is 5.82 Å². The van der Waals surface area contributed by atoms with Gasteiger partial charge in [-0.1, -0.05) is 176 Å². The molecule has 0 aliphatic heterocycles. The van der Waals surface area contributed by atoms with Gasteiger partial charge in [-0.05, 0) is 74.8 Å². The van der Waals surface area contributed by atoms with Crippen molar-refractivity contribution in [2.45, 2.75) is 5.41 Å². The van der Waals surface area contributed by atoms with Crippen molar-refractivity contribution in [3.05, 3.63) is 229 Å². The van der Waals surface area contributed by atoms with Crippen LogP contribution in [0, 0.1) is 0 Å². The van der Waals surface area contributed by atoms with E-state index in [1.165, 1.54) is 59.1 Å². The molecule has 2 heterocycles. The van der Waals surface area contributed by atoms with E-state index in [-0.39, 0.29) is 0 Å². The second kappa shape index (κ2) is 13.1. The van der Waals surface area contributed by atoms with E-state index in [4.69, 9.17) is 9.97 Å². The first-order valence-electron chi connectivity index (χ1n) is 19.1. The van der Waals surface area contributed by atoms with Crippen molar-refractivity contribution in [3.8, 4) is 56.2 Å². The third-order valence-corrected chi connectivity index (χ3v) is 12.6. The Bertz CT molecular complexity index is 3030. The zero-order chi connectivity index (χ0) is 37.1. The van der Waals surface area contributed by atoms with Crippen molar-refractivity contribution in [2.24, 2.45) is 0 Å². The van der Waals surface area contributed by atoms with Crippen molar-refractivity contribution >= 4 is 31.5 Å². The lowest BCUT2D eigenvalue weighted by Gasteiger charge is -2.34. The van der Waals surface area contributed by atoms with Gasteiger partial charge in [0.2, 0.25) is 0 Å². The molecule has 8 aromatic carbocycles. The number of hydrogen-bond acceptors (Lipinski definition) is 3. The van der Waals surface area contributed by atoms with Crippen LogP contribution in [0.25, 0.3) is 76.3 Å². The third-order valence-electron chi connectivity index (χ3n) is 11.4. The van der Waals surface area contributed by atoms with E-state index in [1.54, 1.807) is 0 Å². The summed E-state index contributed by atoms with van der Waals surface area (Å²) in [5.41, 5.74) is 14.6. The molecule has 0 spiro atoms. The molecule has 0 saturated carbocycles. The molecule has 0 atom stereocenters. The maximum Gasteiger partial charge on any atom is 0.160 e. The number of rotatable bonds is 6. The molecule has 0 N–H and O–H groups in total. The summed E-state index contributed by atoms with van der Waals surface area (Å²) in [6.07, 6.45) is 0. The molecule has 262 valence electrons. The predicted octanol–water partition coefficient (Wildman–Crippen LogP) is 13.9. The Kier molecular flexibility index (Phi) is 7.61. The molecule has 0 fully saturated rings. The number of hydrogen-bond donors (Lipinski definition) is 0. The summed E-state index contributed by atoms with van der Waals surface area (Å²) in [6.45, 7) is 0. The predicted molar refractivity (Wildman–Crippen MR) is 234 cm³/mol. The van der Waals surface area contributed by atoms with Crippen molar-refractivity contribution in [1.29, 1.82) is 0 Å². The van der Waals surface area contributed by atoms with Gasteiger partial charge in [-0.15, -0.1) is 11.3 Å². The average Bonchev–Trinajstić information content (AvgIpc) is 3.81. The van der Waals surface area contributed by atoms with Gasteiger partial charge in [-0.3, -0.25) is 0 Å². The van der Waals surface area contributed by atoms with Gasteiger partial charge in [0.15, 0.2) is 5.82 Å². The van der Waals surface area contributed by atoms with Crippen LogP contribution in [0.2, 0.25) is 0 Å². The lowest BCUT2D eigenvalue weighted by Crippen LogP contribution is -2.28. The molecule has 1 aliphatic carbocycles. The molecule has 2 nitrogen and oxygen atoms in total. The summed E-state index contributed by atoms with van der Waals surface area (Å²) >= 11 is 1.83. The van der Waals surface area contributed by atoms with Crippen LogP contribution >= 0.6 is 11.3 Å². The fourth-order valence-electron chi connectivity index (χ4n) is 8.82. The second-order valence-electron chi connectivity index (χ2n) is 14.5. The molecule has 0 radical (unpaired) electrons. The molecule has 2 aromatic heterocycles. The minimum Gasteiger partial charge on any atom is -0.228 e. The Hall–Kier alpha value is -6.94. The number of aromatic nitrogens is 2. The highest BCUT2D eigenvalue weighted by atomic mass is 32.1. The zero-order valence-corrected chi connectivity index (χ0v) is 31.2. The number of benzene rings is 8. The summed E-state index contributed by atoms with van der Waals surface area (Å²) in [4.78, 5) is 10.3. The van der Waals surface area contributed by atoms with Gasteiger partial charge in [-0.2, -0.15) is 0 Å². The van der Waals surface area contributed by atoms with E-state index < -0.39 is 5.41 Å². The summed E-state index contributed by atoms with van der Waals surface area (Å²) < 4.78 is 2.58. The van der Waals surface area contributed by atoms with Gasteiger partial charge in [-0.25, -0.2) is 9.97 Å². The Morgan fingerprint density at radius 2 is 0.893 bits per heavy atom. The van der Waals surface area contributed by atoms with Crippen LogP contribution in [-0.4, -0.2) is 9.97 Å². The van der Waals surface area contributed by atoms with Gasteiger partial charge < -0.3 is 0 Å². The highest BCUT2D eigenvalue weighted by Gasteiger charge is 2.45. The third kappa shape index (κ3) is 5.16. The number of thiophene rings is 1. The number of nitrogens with zero attached hydrogens (tertiary/aromatic N) is 2. The maximum atomic E-state index is 5.15. The first-order valence-corrected chi connectivity index (χ1v) is 19.9. The molecule has 0 bridgehead atoms. The molecule has 11 rings (SSSR count). The van der Waals surface area contributed by atoms with Gasteiger partial charge in [0.25, 0.3) is 0 Å². The summed E-state index contributed by atoms with van der Waals surface area (Å²) in [6, 6.07) is 74.6. The Morgan fingerprint density at radius 1 is 0.339 bits per heavy atom. The van der Waals surface area contributed by atoms with Crippen molar-refractivity contribution in [2.75, 3.05) is 0 Å². The normalized spacial score (nSPS) is 12.8. The van der Waals surface area contributed by atoms with Gasteiger partial charge in [0.05, 0.1) is 16.8 Å². The van der Waals surface area contributed by atoms with Crippen LogP contribution in [0.4, 0.5) is 0 Å². The first-order chi connectivity index (χ1) is 27.7. The van der Waals surface area contributed by atoms with Crippen LogP contribution in [0.1, 0.15) is 22.3 Å². The fraction of sp³-hybridized carbons (Fsp3) is 0.0189. The largest absolute Gasteiger partial charge is 0.228 e. The molecule has 0 amide bonds. The van der Waals surface area contributed by atoms with Crippen LogP contribution in [0.15, 0.2) is 206 Å². The summed E-state index contributed by atoms with van der Waals surface area (Å²) in [7, 11) is 0. The van der Waals surface area contributed by atoms with E-state index >= 15 is 0 Å². The van der Waals surface area contributed by atoms with E-state index in [1.807, 2.05) is 29.5 Å². The standard InChI is InChI=1S/C53H34N2S/c1-3-14-37(15-4-1)52-54-48(34-49(55-52)39-30-31-51-45(33-39)44-22-9-12-25-50(44)56-51)36-28-26-35(27-29-36)38-16-13-19-41(32-38)53(40-17-5-2-6-18-40)46-23-10-7-20-42(46)43-21-8-11-24-47(43)53/h1-34H. The topological polar surface area (TPSA) is 25.8 Å². The van der Waals surface area contributed by atoms with E-state index in [9.17, 15) is 0 Å². The number of fused-ring (bicyclic) bond motifs is 6. The summed E-state index contributed by atoms with van der Waals surface area (Å²) in [5, 5.41) is 2.54. The SMILES string of the molecule is c1ccc(-c2nc(-c3ccc(-c4cccc(C5(c6ccccc6)c6ccccc6-c6ccccc65)c4)cc3)cc(-c3ccc4sc5ccccc5c4c3)n2)cc1. The Balaban J connectivity index is 1.02. The van der Waals surface area contributed by atoms with Gasteiger partial charge in [0, 0.05) is 36.9 Å². The Morgan fingerprint density at radius 3 is 1.64 bits per heavy atom. The molecular formula is C53H34N2S. The average molecular weight is 731 g/mol. The summed E-state index contributed by atoms with van der Waals surface area (Å²) in [5.74, 6) is 0.716. The Labute approximate surface area is 330 Å². The van der Waals surface area contributed by atoms with Crippen molar-refractivity contribution in [3.63, 3.8) is 0 Å². The second-order valence-corrected chi connectivity index (χ2v) is 15.6. The van der Waals surface area contributed by atoms with Crippen molar-refractivity contribution < 1.29 is 0 Å². The van der Waals surface area contributed by atoms with Crippen molar-refractivity contribution in [1.82, 2.24) is 9.97 Å². The smallest absolute Gasteiger partial charge is 0.160 e. The molecule has 10 aromatic rings. The maximum absolute atomic E-state index is 5.15. The quantitative estimate of drug-likeness (QED) is 0.170.